The van der Waals surface area contributed by atoms with Gasteiger partial charge < -0.3 is 10.6 Å². The first-order valence-corrected chi connectivity index (χ1v) is 8.67. The van der Waals surface area contributed by atoms with Gasteiger partial charge in [0.1, 0.15) is 5.82 Å². The molecule has 0 saturated carbocycles. The Balaban J connectivity index is 1.50. The van der Waals surface area contributed by atoms with Crippen LogP contribution < -0.4 is 10.6 Å². The van der Waals surface area contributed by atoms with Crippen molar-refractivity contribution in [2.45, 2.75) is 0 Å². The predicted molar refractivity (Wildman–Crippen MR) is 106 cm³/mol. The molecule has 0 atom stereocenters. The number of para-hydroxylation sites is 1. The molecule has 0 aliphatic rings. The summed E-state index contributed by atoms with van der Waals surface area (Å²) >= 11 is 5.75. The van der Waals surface area contributed by atoms with E-state index in [-0.39, 0.29) is 22.4 Å². The Hall–Kier alpha value is -3.58. The molecule has 4 rings (SSSR count). The lowest BCUT2D eigenvalue weighted by Crippen LogP contribution is -2.13. The highest BCUT2D eigenvalue weighted by Gasteiger charge is 2.11. The largest absolute Gasteiger partial charge is 0.324 e. The maximum absolute atomic E-state index is 13.2. The van der Waals surface area contributed by atoms with Gasteiger partial charge in [0.05, 0.1) is 21.8 Å². The van der Waals surface area contributed by atoms with Gasteiger partial charge in [-0.15, -0.1) is 0 Å². The Labute approximate surface area is 164 Å². The summed E-state index contributed by atoms with van der Waals surface area (Å²) in [6.07, 6.45) is 4.46. The van der Waals surface area contributed by atoms with Crippen LogP contribution in [-0.4, -0.2) is 20.9 Å². The molecule has 8 heteroatoms. The number of benzene rings is 2. The summed E-state index contributed by atoms with van der Waals surface area (Å²) in [6, 6.07) is 13.5. The second-order valence-corrected chi connectivity index (χ2v) is 6.29. The molecule has 0 fully saturated rings. The SMILES string of the molecule is O=C(Nc1cccc2cccnc12)c1cnc(Nc2ccc(F)c(Cl)c2)nc1. The first kappa shape index (κ1) is 17.8. The van der Waals surface area contributed by atoms with Crippen LogP contribution in [0.1, 0.15) is 10.4 Å². The van der Waals surface area contributed by atoms with E-state index in [4.69, 9.17) is 11.6 Å². The molecule has 2 N–H and O–H groups in total. The van der Waals surface area contributed by atoms with Gasteiger partial charge in [-0.05, 0) is 30.3 Å². The van der Waals surface area contributed by atoms with E-state index in [0.717, 1.165) is 5.39 Å². The second-order valence-electron chi connectivity index (χ2n) is 5.88. The standard InChI is InChI=1S/C20H13ClFN5O/c21-15-9-14(6-7-16(15)22)26-20-24-10-13(11-25-20)19(28)27-17-5-1-3-12-4-2-8-23-18(12)17/h1-11H,(H,27,28)(H,24,25,26). The number of hydrogen-bond acceptors (Lipinski definition) is 5. The van der Waals surface area contributed by atoms with Gasteiger partial charge in [0, 0.05) is 29.7 Å². The number of carbonyl (C=O) groups is 1. The van der Waals surface area contributed by atoms with Crippen LogP contribution in [0.3, 0.4) is 0 Å². The average Bonchev–Trinajstić information content (AvgIpc) is 2.71. The van der Waals surface area contributed by atoms with Crippen molar-refractivity contribution in [3.8, 4) is 0 Å². The van der Waals surface area contributed by atoms with Crippen molar-refractivity contribution >= 4 is 45.7 Å². The highest BCUT2D eigenvalue weighted by molar-refractivity contribution is 6.31. The summed E-state index contributed by atoms with van der Waals surface area (Å²) in [6.45, 7) is 0. The Kier molecular flexibility index (Phi) is 4.82. The molecule has 138 valence electrons. The van der Waals surface area contributed by atoms with E-state index in [1.54, 1.807) is 12.3 Å². The highest BCUT2D eigenvalue weighted by Crippen LogP contribution is 2.22. The number of nitrogens with zero attached hydrogens (tertiary/aromatic N) is 3. The fourth-order valence-electron chi connectivity index (χ4n) is 2.61. The lowest BCUT2D eigenvalue weighted by atomic mass is 10.2. The summed E-state index contributed by atoms with van der Waals surface area (Å²) in [7, 11) is 0. The molecule has 2 heterocycles. The molecule has 0 unspecified atom stereocenters. The topological polar surface area (TPSA) is 79.8 Å². The van der Waals surface area contributed by atoms with Crippen LogP contribution >= 0.6 is 11.6 Å². The van der Waals surface area contributed by atoms with Crippen molar-refractivity contribution in [1.29, 1.82) is 0 Å². The van der Waals surface area contributed by atoms with Gasteiger partial charge in [-0.1, -0.05) is 29.8 Å². The van der Waals surface area contributed by atoms with Crippen LogP contribution in [0.2, 0.25) is 5.02 Å². The van der Waals surface area contributed by atoms with Crippen molar-refractivity contribution in [1.82, 2.24) is 15.0 Å². The molecule has 2 aromatic carbocycles. The number of aromatic nitrogens is 3. The molecule has 0 spiro atoms. The Morgan fingerprint density at radius 2 is 1.79 bits per heavy atom. The van der Waals surface area contributed by atoms with Crippen LogP contribution in [0.25, 0.3) is 10.9 Å². The number of halogens is 2. The minimum Gasteiger partial charge on any atom is -0.324 e. The number of anilines is 3. The van der Waals surface area contributed by atoms with Gasteiger partial charge in [-0.3, -0.25) is 9.78 Å². The normalized spacial score (nSPS) is 10.6. The van der Waals surface area contributed by atoms with Gasteiger partial charge >= 0.3 is 0 Å². The van der Waals surface area contributed by atoms with Crippen molar-refractivity contribution in [3.05, 3.63) is 83.5 Å². The zero-order valence-corrected chi connectivity index (χ0v) is 15.1. The van der Waals surface area contributed by atoms with Gasteiger partial charge in [0.25, 0.3) is 5.91 Å². The molecule has 0 aliphatic heterocycles. The van der Waals surface area contributed by atoms with Crippen LogP contribution in [0, 0.1) is 5.82 Å². The minimum absolute atomic E-state index is 0.00954. The summed E-state index contributed by atoms with van der Waals surface area (Å²) in [4.78, 5) is 25.1. The first-order chi connectivity index (χ1) is 13.6. The number of carbonyl (C=O) groups excluding carboxylic acids is 1. The molecule has 1 amide bonds. The second kappa shape index (κ2) is 7.58. The zero-order valence-electron chi connectivity index (χ0n) is 14.4. The monoisotopic (exact) mass is 393 g/mol. The third-order valence-electron chi connectivity index (χ3n) is 3.97. The number of pyridine rings is 1. The predicted octanol–water partition coefficient (Wildman–Crippen LogP) is 4.81. The van der Waals surface area contributed by atoms with Crippen molar-refractivity contribution < 1.29 is 9.18 Å². The van der Waals surface area contributed by atoms with Gasteiger partial charge in [-0.25, -0.2) is 14.4 Å². The average molecular weight is 394 g/mol. The van der Waals surface area contributed by atoms with Gasteiger partial charge in [0.2, 0.25) is 5.95 Å². The number of hydrogen-bond donors (Lipinski definition) is 2. The Morgan fingerprint density at radius 1 is 1.00 bits per heavy atom. The maximum atomic E-state index is 13.2. The highest BCUT2D eigenvalue weighted by atomic mass is 35.5. The number of rotatable bonds is 4. The minimum atomic E-state index is -0.511. The number of fused-ring (bicyclic) bond motifs is 1. The van der Waals surface area contributed by atoms with Gasteiger partial charge in [-0.2, -0.15) is 0 Å². The van der Waals surface area contributed by atoms with Gasteiger partial charge in [0.15, 0.2) is 0 Å². The van der Waals surface area contributed by atoms with E-state index in [1.807, 2.05) is 24.3 Å². The maximum Gasteiger partial charge on any atom is 0.258 e. The molecule has 6 nitrogen and oxygen atoms in total. The molecule has 2 aromatic heterocycles. The summed E-state index contributed by atoms with van der Waals surface area (Å²) in [5.41, 5.74) is 2.12. The number of amides is 1. The van der Waals surface area contributed by atoms with E-state index in [2.05, 4.69) is 25.6 Å². The molecule has 0 bridgehead atoms. The summed E-state index contributed by atoms with van der Waals surface area (Å²) in [5, 5.41) is 6.64. The first-order valence-electron chi connectivity index (χ1n) is 8.29. The van der Waals surface area contributed by atoms with E-state index in [0.29, 0.717) is 16.9 Å². The molecular weight excluding hydrogens is 381 g/mol. The third kappa shape index (κ3) is 3.74. The molecule has 0 aliphatic carbocycles. The van der Waals surface area contributed by atoms with Crippen molar-refractivity contribution in [3.63, 3.8) is 0 Å². The van der Waals surface area contributed by atoms with E-state index >= 15 is 0 Å². The molecule has 28 heavy (non-hydrogen) atoms. The Morgan fingerprint density at radius 3 is 2.57 bits per heavy atom. The van der Waals surface area contributed by atoms with Crippen molar-refractivity contribution in [2.24, 2.45) is 0 Å². The lowest BCUT2D eigenvalue weighted by Gasteiger charge is -2.09. The van der Waals surface area contributed by atoms with Crippen LogP contribution in [0.5, 0.6) is 0 Å². The lowest BCUT2D eigenvalue weighted by molar-refractivity contribution is 0.102. The molecule has 4 aromatic rings. The quantitative estimate of drug-likeness (QED) is 0.520. The molecular formula is C20H13ClFN5O. The van der Waals surface area contributed by atoms with E-state index in [9.17, 15) is 9.18 Å². The zero-order chi connectivity index (χ0) is 19.5. The smallest absolute Gasteiger partial charge is 0.258 e. The van der Waals surface area contributed by atoms with Crippen molar-refractivity contribution in [2.75, 3.05) is 10.6 Å². The molecule has 0 saturated heterocycles. The fourth-order valence-corrected chi connectivity index (χ4v) is 2.79. The molecule has 0 radical (unpaired) electrons. The fraction of sp³-hybridized carbons (Fsp3) is 0. The third-order valence-corrected chi connectivity index (χ3v) is 4.26. The van der Waals surface area contributed by atoms with E-state index in [1.165, 1.54) is 30.6 Å². The van der Waals surface area contributed by atoms with E-state index < -0.39 is 5.82 Å². The van der Waals surface area contributed by atoms with Crippen LogP contribution in [0.4, 0.5) is 21.7 Å². The number of nitrogens with one attached hydrogen (secondary N) is 2. The van der Waals surface area contributed by atoms with Crippen LogP contribution in [-0.2, 0) is 0 Å². The van der Waals surface area contributed by atoms with Crippen LogP contribution in [0.15, 0.2) is 67.1 Å². The summed E-state index contributed by atoms with van der Waals surface area (Å²) in [5.74, 6) is -0.608. The summed E-state index contributed by atoms with van der Waals surface area (Å²) < 4.78 is 13.2. The Bertz CT molecular complexity index is 1160.